The van der Waals surface area contributed by atoms with Gasteiger partial charge < -0.3 is 34.5 Å². The molecule has 9 heteroatoms. The number of nitrogens with zero attached hydrogens (tertiary/aromatic N) is 1. The van der Waals surface area contributed by atoms with E-state index in [4.69, 9.17) is 18.9 Å². The minimum Gasteiger partial charge on any atom is -0.456 e. The van der Waals surface area contributed by atoms with Gasteiger partial charge in [-0.25, -0.2) is 0 Å². The molecule has 1 unspecified atom stereocenters. The first-order chi connectivity index (χ1) is 22.5. The Morgan fingerprint density at radius 1 is 1.12 bits per heavy atom. The third-order valence-corrected chi connectivity index (χ3v) is 15.9. The largest absolute Gasteiger partial charge is 0.456 e. The number of nitrogens with one attached hydrogen (secondary N) is 1. The highest BCUT2D eigenvalue weighted by molar-refractivity contribution is 5.66. The molecular weight excluding hydrogens is 608 g/mol. The van der Waals surface area contributed by atoms with Crippen LogP contribution in [0.25, 0.3) is 0 Å². The van der Waals surface area contributed by atoms with Crippen LogP contribution in [0.1, 0.15) is 107 Å². The fourth-order valence-corrected chi connectivity index (χ4v) is 13.4. The lowest BCUT2D eigenvalue weighted by Gasteiger charge is -2.63. The number of carbonyl (C=O) groups is 1. The Labute approximate surface area is 288 Å². The normalized spacial score (nSPS) is 48.7. The van der Waals surface area contributed by atoms with Crippen molar-refractivity contribution in [2.24, 2.45) is 44.8 Å². The summed E-state index contributed by atoms with van der Waals surface area (Å²) in [6, 6.07) is 0.613. The van der Waals surface area contributed by atoms with Crippen LogP contribution in [0.2, 0.25) is 0 Å². The molecule has 0 aromatic carbocycles. The van der Waals surface area contributed by atoms with Gasteiger partial charge in [0.1, 0.15) is 12.2 Å². The van der Waals surface area contributed by atoms with E-state index in [0.717, 1.165) is 64.6 Å². The van der Waals surface area contributed by atoms with E-state index in [2.05, 4.69) is 44.8 Å². The fourth-order valence-electron chi connectivity index (χ4n) is 13.4. The van der Waals surface area contributed by atoms with Gasteiger partial charge in [0, 0.05) is 50.5 Å². The van der Waals surface area contributed by atoms with Gasteiger partial charge in [-0.15, -0.1) is 0 Å². The van der Waals surface area contributed by atoms with Crippen LogP contribution in [0.4, 0.5) is 0 Å². The lowest BCUT2D eigenvalue weighted by molar-refractivity contribution is -0.246. The molecule has 8 fully saturated rings. The van der Waals surface area contributed by atoms with Gasteiger partial charge in [-0.1, -0.05) is 34.6 Å². The standard InChI is InChI=1S/C39H61N2O7/c1-22-17-25(33(35(5,6)44)46-23(2)42)47-31-30(22)36(7)13-14-39-21-38(39)12-11-28(48-29-20-41(15-16-45-29)24-18-40-19-24)34(3,4)26(38)9-10-27(39)37(36,8)32(31)43/h22,24,26,28-30,32-33,40,43-44H,9-21H2,1-8H3/t22-,26+,28?,29+,30+,32+,33+,36-,37-,38-,39+/m1/s1. The highest BCUT2D eigenvalue weighted by Gasteiger charge is 2.85. The summed E-state index contributed by atoms with van der Waals surface area (Å²) < 4.78 is 25.5. The number of ether oxygens (including phenoxy) is 4. The van der Waals surface area contributed by atoms with Gasteiger partial charge in [0.05, 0.1) is 24.4 Å². The Hall–Kier alpha value is -0.810. The molecule has 3 saturated heterocycles. The number of carbonyl (C=O) groups excluding carboxylic acids is 1. The Morgan fingerprint density at radius 2 is 1.88 bits per heavy atom. The first-order valence-corrected chi connectivity index (χ1v) is 19.1. The topological polar surface area (TPSA) is 110 Å². The third-order valence-electron chi connectivity index (χ3n) is 15.9. The van der Waals surface area contributed by atoms with Crippen molar-refractivity contribution in [1.82, 2.24) is 10.2 Å². The second kappa shape index (κ2) is 11.1. The van der Waals surface area contributed by atoms with Gasteiger partial charge in [-0.05, 0) is 105 Å². The van der Waals surface area contributed by atoms with Gasteiger partial charge in [-0.3, -0.25) is 9.69 Å². The van der Waals surface area contributed by atoms with E-state index in [1.54, 1.807) is 19.8 Å². The first-order valence-electron chi connectivity index (χ1n) is 19.1. The zero-order valence-corrected chi connectivity index (χ0v) is 30.7. The lowest BCUT2D eigenvalue weighted by atomic mass is 9.41. The predicted molar refractivity (Wildman–Crippen MR) is 179 cm³/mol. The van der Waals surface area contributed by atoms with Crippen LogP contribution in [0, 0.1) is 63.0 Å². The van der Waals surface area contributed by atoms with Crippen molar-refractivity contribution >= 4 is 5.97 Å². The Kier molecular flexibility index (Phi) is 7.93. The fraction of sp³-hybridized carbons (Fsp3) is 0.897. The maximum atomic E-state index is 12.5. The molecule has 0 bridgehead atoms. The number of fused-ring (bicyclic) bond motifs is 4. The summed E-state index contributed by atoms with van der Waals surface area (Å²) in [5.41, 5.74) is -1.36. The van der Waals surface area contributed by atoms with Crippen molar-refractivity contribution in [1.29, 1.82) is 0 Å². The van der Waals surface area contributed by atoms with Crippen molar-refractivity contribution in [2.75, 3.05) is 32.8 Å². The molecule has 0 amide bonds. The predicted octanol–water partition coefficient (Wildman–Crippen LogP) is 4.80. The molecule has 5 saturated carbocycles. The van der Waals surface area contributed by atoms with E-state index < -0.39 is 29.2 Å². The number of hydrogen-bond acceptors (Lipinski definition) is 9. The molecule has 3 radical (unpaired) electrons. The number of morpholine rings is 1. The number of aliphatic hydroxyl groups is 2. The van der Waals surface area contributed by atoms with Gasteiger partial charge in [0.25, 0.3) is 0 Å². The van der Waals surface area contributed by atoms with Crippen LogP contribution >= 0.6 is 0 Å². The van der Waals surface area contributed by atoms with Crippen LogP contribution < -0.4 is 5.32 Å². The average molecular weight is 670 g/mol. The van der Waals surface area contributed by atoms with Crippen LogP contribution in [0.3, 0.4) is 0 Å². The Morgan fingerprint density at radius 3 is 2.54 bits per heavy atom. The van der Waals surface area contributed by atoms with Crippen LogP contribution in [0.15, 0.2) is 0 Å². The second-order valence-electron chi connectivity index (χ2n) is 18.9. The summed E-state index contributed by atoms with van der Waals surface area (Å²) in [5.74, 6) is 2.02. The highest BCUT2D eigenvalue weighted by atomic mass is 16.7. The molecule has 0 aromatic heterocycles. The molecule has 3 aliphatic heterocycles. The van der Waals surface area contributed by atoms with Crippen molar-refractivity contribution in [2.45, 2.75) is 143 Å². The average Bonchev–Trinajstić information content (AvgIpc) is 3.61. The maximum Gasteiger partial charge on any atom is 0.303 e. The monoisotopic (exact) mass is 669 g/mol. The minimum atomic E-state index is -1.30. The number of aliphatic hydroxyl groups excluding tert-OH is 1. The summed E-state index contributed by atoms with van der Waals surface area (Å²) in [6.45, 7) is 21.4. The number of esters is 1. The molecule has 3 heterocycles. The van der Waals surface area contributed by atoms with Crippen molar-refractivity contribution in [3.8, 4) is 0 Å². The molecular formula is C39H61N2O7. The van der Waals surface area contributed by atoms with E-state index in [1.807, 2.05) is 0 Å². The molecule has 5 aliphatic carbocycles. The zero-order chi connectivity index (χ0) is 34.2. The van der Waals surface area contributed by atoms with Gasteiger partial charge in [0.2, 0.25) is 0 Å². The van der Waals surface area contributed by atoms with Gasteiger partial charge >= 0.3 is 5.97 Å². The van der Waals surface area contributed by atoms with E-state index in [1.165, 1.54) is 26.2 Å². The molecule has 11 atom stereocenters. The summed E-state index contributed by atoms with van der Waals surface area (Å²) in [4.78, 5) is 14.6. The molecule has 48 heavy (non-hydrogen) atoms. The van der Waals surface area contributed by atoms with E-state index >= 15 is 0 Å². The first kappa shape index (κ1) is 34.3. The molecule has 0 aromatic rings. The van der Waals surface area contributed by atoms with E-state index in [-0.39, 0.29) is 45.9 Å². The second-order valence-corrected chi connectivity index (χ2v) is 18.9. The van der Waals surface area contributed by atoms with Crippen molar-refractivity contribution in [3.05, 3.63) is 18.1 Å². The van der Waals surface area contributed by atoms with Crippen LogP contribution in [-0.2, 0) is 23.7 Å². The highest BCUT2D eigenvalue weighted by Crippen LogP contribution is 2.90. The summed E-state index contributed by atoms with van der Waals surface area (Å²) >= 11 is 0. The lowest BCUT2D eigenvalue weighted by Crippen LogP contribution is -2.62. The summed E-state index contributed by atoms with van der Waals surface area (Å²) in [7, 11) is 0. The number of hydrogen-bond donors (Lipinski definition) is 3. The SMILES string of the molecule is CC(=O)O[C@@H]([C]1C[C@@H](C)[C@H]2[C](O1)[C@H](O)[C@@]1(C)[C]3CC[C@H]4C(C)(C)C(O[C@H]5CN(C6CNC6)CCO5)CC[C@@]45C[C@@]35CC[C@]21C)C(C)(C)O. The summed E-state index contributed by atoms with van der Waals surface area (Å²) in [6.07, 6.45) is 8.18. The zero-order valence-electron chi connectivity index (χ0n) is 30.7. The van der Waals surface area contributed by atoms with Crippen molar-refractivity contribution < 1.29 is 34.0 Å². The molecule has 2 spiro atoms. The quantitative estimate of drug-likeness (QED) is 0.344. The van der Waals surface area contributed by atoms with Gasteiger partial charge in [0.15, 0.2) is 12.4 Å². The van der Waals surface area contributed by atoms with E-state index in [9.17, 15) is 15.0 Å². The smallest absolute Gasteiger partial charge is 0.303 e. The minimum absolute atomic E-state index is 0.0416. The molecule has 9 nitrogen and oxygen atoms in total. The van der Waals surface area contributed by atoms with Crippen molar-refractivity contribution in [3.63, 3.8) is 0 Å². The molecule has 8 rings (SSSR count). The van der Waals surface area contributed by atoms with Crippen LogP contribution in [0.5, 0.6) is 0 Å². The molecule has 3 N–H and O–H groups in total. The van der Waals surface area contributed by atoms with Crippen LogP contribution in [-0.4, -0.2) is 90.1 Å². The third kappa shape index (κ3) is 4.55. The summed E-state index contributed by atoms with van der Waals surface area (Å²) in [5, 5.41) is 26.9. The Balaban J connectivity index is 1.03. The Bertz CT molecular complexity index is 1280. The van der Waals surface area contributed by atoms with Gasteiger partial charge in [-0.2, -0.15) is 0 Å². The van der Waals surface area contributed by atoms with E-state index in [0.29, 0.717) is 24.5 Å². The maximum absolute atomic E-state index is 12.5. The number of rotatable bonds is 6. The molecule has 269 valence electrons. The molecule has 8 aliphatic rings.